The summed E-state index contributed by atoms with van der Waals surface area (Å²) < 4.78 is 29.9. The maximum absolute atomic E-state index is 14.3. The zero-order chi connectivity index (χ0) is 33.0. The Morgan fingerprint density at radius 1 is 1.04 bits per heavy atom. The Bertz CT molecular complexity index is 1650. The summed E-state index contributed by atoms with van der Waals surface area (Å²) >= 11 is 13.0. The number of carbonyl (C=O) groups excluding carboxylic acids is 2. The van der Waals surface area contributed by atoms with Crippen LogP contribution in [-0.4, -0.2) is 61.5 Å². The molecule has 46 heavy (non-hydrogen) atoms. The van der Waals surface area contributed by atoms with Crippen molar-refractivity contribution < 1.29 is 38.2 Å². The lowest BCUT2D eigenvalue weighted by atomic mass is 9.77. The molecule has 0 radical (unpaired) electrons. The van der Waals surface area contributed by atoms with E-state index in [-0.39, 0.29) is 17.5 Å². The Hall–Kier alpha value is -3.65. The van der Waals surface area contributed by atoms with Crippen LogP contribution < -0.4 is 10.2 Å². The first-order chi connectivity index (χ1) is 21.9. The zero-order valence-electron chi connectivity index (χ0n) is 24.8. The van der Waals surface area contributed by atoms with Crippen LogP contribution >= 0.6 is 34.0 Å². The van der Waals surface area contributed by atoms with Gasteiger partial charge in [-0.1, -0.05) is 66.0 Å². The molecule has 0 bridgehead atoms. The average Bonchev–Trinajstić information content (AvgIpc) is 3.00. The molecule has 244 valence electrons. The average molecular weight is 691 g/mol. The highest BCUT2D eigenvalue weighted by Gasteiger charge is 2.48. The van der Waals surface area contributed by atoms with E-state index in [1.165, 1.54) is 6.26 Å². The van der Waals surface area contributed by atoms with Gasteiger partial charge in [0.15, 0.2) is 6.61 Å². The summed E-state index contributed by atoms with van der Waals surface area (Å²) in [6.45, 7) is -0.482. The molecule has 2 aliphatic rings. The first-order valence-corrected chi connectivity index (χ1v) is 17.1. The van der Waals surface area contributed by atoms with Crippen molar-refractivity contribution in [1.29, 1.82) is 0 Å². The molecule has 5 rings (SSSR count). The van der Waals surface area contributed by atoms with Gasteiger partial charge >= 0.3 is 5.97 Å². The number of amides is 2. The van der Waals surface area contributed by atoms with Crippen molar-refractivity contribution >= 4 is 57.5 Å². The molecule has 2 amide bonds. The molecule has 0 unspecified atom stereocenters. The van der Waals surface area contributed by atoms with Crippen LogP contribution in [0, 0.1) is 0 Å². The van der Waals surface area contributed by atoms with Gasteiger partial charge in [0.1, 0.15) is 5.75 Å². The number of aliphatic carboxylic acids is 1. The molecule has 4 N–H and O–H groups in total. The molecule has 1 aliphatic heterocycles. The summed E-state index contributed by atoms with van der Waals surface area (Å²) in [6.07, 6.45) is 3.72. The van der Waals surface area contributed by atoms with Gasteiger partial charge in [-0.15, -0.1) is 10.8 Å². The van der Waals surface area contributed by atoms with Crippen LogP contribution in [0.3, 0.4) is 0 Å². The number of ether oxygens (including phenoxy) is 1. The summed E-state index contributed by atoms with van der Waals surface area (Å²) in [5.41, 5.74) is 5.01. The Morgan fingerprint density at radius 3 is 2.48 bits per heavy atom. The number of hydroxylamine groups is 1. The molecule has 0 aromatic heterocycles. The minimum absolute atomic E-state index is 0.0118. The summed E-state index contributed by atoms with van der Waals surface area (Å²) in [6, 6.07) is 16.7. The molecule has 1 heterocycles. The Labute approximate surface area is 277 Å². The van der Waals surface area contributed by atoms with E-state index >= 15 is 0 Å². The van der Waals surface area contributed by atoms with Gasteiger partial charge in [0.05, 0.1) is 30.3 Å². The van der Waals surface area contributed by atoms with E-state index in [1.54, 1.807) is 71.6 Å². The second-order valence-electron chi connectivity index (χ2n) is 11.1. The van der Waals surface area contributed by atoms with Gasteiger partial charge in [0.2, 0.25) is 0 Å². The summed E-state index contributed by atoms with van der Waals surface area (Å²) in [5, 5.41) is 9.44. The fraction of sp³-hybridized carbons (Fsp3) is 0.312. The van der Waals surface area contributed by atoms with E-state index in [0.717, 1.165) is 12.8 Å². The van der Waals surface area contributed by atoms with Gasteiger partial charge in [-0.3, -0.25) is 23.5 Å². The Kier molecular flexibility index (Phi) is 10.6. The third kappa shape index (κ3) is 7.83. The van der Waals surface area contributed by atoms with E-state index in [0.29, 0.717) is 51.6 Å². The number of carbonyl (C=O) groups is 3. The minimum atomic E-state index is -3.27. The maximum atomic E-state index is 14.3. The molecule has 3 aromatic carbocycles. The molecule has 3 atom stereocenters. The van der Waals surface area contributed by atoms with Gasteiger partial charge in [-0.05, 0) is 66.3 Å². The highest BCUT2D eigenvalue weighted by atomic mass is 35.5. The van der Waals surface area contributed by atoms with E-state index in [1.807, 2.05) is 0 Å². The molecule has 1 saturated carbocycles. The number of nitrogens with one attached hydrogen (secondary N) is 1. The fourth-order valence-electron chi connectivity index (χ4n) is 5.94. The van der Waals surface area contributed by atoms with Crippen LogP contribution in [0.2, 0.25) is 10.0 Å². The molecule has 0 spiro atoms. The number of halogens is 2. The van der Waals surface area contributed by atoms with Crippen molar-refractivity contribution in [2.24, 2.45) is 4.40 Å². The van der Waals surface area contributed by atoms with Crippen LogP contribution in [0.5, 0.6) is 5.75 Å². The van der Waals surface area contributed by atoms with Crippen molar-refractivity contribution in [3.63, 3.8) is 0 Å². The number of benzene rings is 3. The second-order valence-corrected chi connectivity index (χ2v) is 13.7. The number of hydrogen-bond donors (Lipinski definition) is 4. The van der Waals surface area contributed by atoms with Gasteiger partial charge in [0.25, 0.3) is 11.8 Å². The van der Waals surface area contributed by atoms with Gasteiger partial charge < -0.3 is 14.7 Å². The molecular weight excluding hydrogens is 657 g/mol. The van der Waals surface area contributed by atoms with Crippen molar-refractivity contribution in [2.75, 3.05) is 12.9 Å². The van der Waals surface area contributed by atoms with Crippen LogP contribution in [0.25, 0.3) is 0 Å². The quantitative estimate of drug-likeness (QED) is 0.172. The fourth-order valence-corrected chi connectivity index (χ4v) is 7.11. The second kappa shape index (κ2) is 14.4. The van der Waals surface area contributed by atoms with E-state index in [9.17, 15) is 23.5 Å². The van der Waals surface area contributed by atoms with Gasteiger partial charge in [-0.25, -0.2) is 10.3 Å². The lowest BCUT2D eigenvalue weighted by molar-refractivity contribution is -0.139. The smallest absolute Gasteiger partial charge is 0.341 e. The lowest BCUT2D eigenvalue weighted by Gasteiger charge is -2.47. The normalized spacial score (nSPS) is 21.1. The number of rotatable bonds is 10. The highest BCUT2D eigenvalue weighted by molar-refractivity contribution is 8.22. The van der Waals surface area contributed by atoms with Crippen molar-refractivity contribution in [3.05, 3.63) is 99.0 Å². The van der Waals surface area contributed by atoms with E-state index in [2.05, 4.69) is 9.88 Å². The summed E-state index contributed by atoms with van der Waals surface area (Å²) in [5.74, 6) is -2.57. The first kappa shape index (κ1) is 33.7. The third-order valence-electron chi connectivity index (χ3n) is 7.81. The minimum Gasteiger partial charge on any atom is -0.482 e. The number of fused-ring (bicyclic) bond motifs is 1. The number of carboxylic acid groups (broad SMARTS) is 1. The monoisotopic (exact) mass is 689 g/mol. The largest absolute Gasteiger partial charge is 0.482 e. The molecule has 1 fully saturated rings. The zero-order valence-corrected chi connectivity index (χ0v) is 27.1. The van der Waals surface area contributed by atoms with Gasteiger partial charge in [-0.2, -0.15) is 4.40 Å². The van der Waals surface area contributed by atoms with Crippen LogP contribution in [0.1, 0.15) is 64.7 Å². The number of hydrogen-bond acceptors (Lipinski definition) is 8. The SMILES string of the molecule is CS(O)(O)N=C1CCCC[C@@H]1N1C(=O)c2ccccc2[C@@H](C(=O)NOCc2ccc(OCC(=O)O)cc2)[C@@H]1c1ccc(Cl)cc1Cl. The van der Waals surface area contributed by atoms with Crippen molar-refractivity contribution in [1.82, 2.24) is 10.4 Å². The number of carboxylic acids is 1. The molecule has 1 aliphatic carbocycles. The van der Waals surface area contributed by atoms with Crippen LogP contribution in [0.15, 0.2) is 71.1 Å². The van der Waals surface area contributed by atoms with Crippen LogP contribution in [0.4, 0.5) is 0 Å². The van der Waals surface area contributed by atoms with Gasteiger partial charge in [0, 0.05) is 21.9 Å². The van der Waals surface area contributed by atoms with Crippen LogP contribution in [-0.2, 0) is 21.0 Å². The predicted octanol–water partition coefficient (Wildman–Crippen LogP) is 6.66. The topological polar surface area (TPSA) is 158 Å². The lowest BCUT2D eigenvalue weighted by Crippen LogP contribution is -2.54. The number of nitrogens with zero attached hydrogens (tertiary/aromatic N) is 2. The third-order valence-corrected chi connectivity index (χ3v) is 8.95. The molecular formula is C32H33Cl2N3O8S. The van der Waals surface area contributed by atoms with Crippen molar-refractivity contribution in [3.8, 4) is 5.75 Å². The Morgan fingerprint density at radius 2 is 1.78 bits per heavy atom. The molecule has 14 heteroatoms. The summed E-state index contributed by atoms with van der Waals surface area (Å²) in [4.78, 5) is 46.5. The molecule has 3 aromatic rings. The van der Waals surface area contributed by atoms with Crippen molar-refractivity contribution in [2.45, 2.75) is 50.3 Å². The standard InChI is InChI=1S/C32H33Cl2N3O8S/c1-46(42,43)36-26-8-4-5-9-27(26)37-30(24-15-12-20(33)16-25(24)34)29(22-6-2-3-7-23(22)32(37)41)31(40)35-45-17-19-10-13-21(14-11-19)44-18-28(38)39/h2-3,6-7,10-16,27,29-30,42-43H,4-5,8-9,17-18H2,1H3,(H,35,40)(H,38,39)/t27-,29+,30-/m0/s1. The maximum Gasteiger partial charge on any atom is 0.341 e. The van der Waals surface area contributed by atoms with E-state index in [4.69, 9.17) is 37.9 Å². The summed E-state index contributed by atoms with van der Waals surface area (Å²) in [7, 11) is -3.27. The molecule has 11 nitrogen and oxygen atoms in total. The molecule has 0 saturated heterocycles. The highest BCUT2D eigenvalue weighted by Crippen LogP contribution is 2.48. The first-order valence-electron chi connectivity index (χ1n) is 14.5. The Balaban J connectivity index is 1.50. The van der Waals surface area contributed by atoms with E-state index < -0.39 is 47.3 Å². The predicted molar refractivity (Wildman–Crippen MR) is 176 cm³/mol.